The van der Waals surface area contributed by atoms with Crippen molar-refractivity contribution in [3.8, 4) is 11.5 Å². The highest BCUT2D eigenvalue weighted by Crippen LogP contribution is 2.20. The lowest BCUT2D eigenvalue weighted by molar-refractivity contribution is 0.0717. The molecular formula is C31H48O3. The van der Waals surface area contributed by atoms with Crippen molar-refractivity contribution in [3.05, 3.63) is 59.7 Å². The van der Waals surface area contributed by atoms with Gasteiger partial charge in [0.1, 0.15) is 18.1 Å². The van der Waals surface area contributed by atoms with Crippen LogP contribution < -0.4 is 9.47 Å². The van der Waals surface area contributed by atoms with Crippen LogP contribution in [0.3, 0.4) is 0 Å². The molecule has 1 N–H and O–H groups in total. The average molecular weight is 469 g/mol. The molecule has 0 saturated carbocycles. The minimum Gasteiger partial charge on any atom is -0.490 e. The van der Waals surface area contributed by atoms with Crippen LogP contribution in [0.4, 0.5) is 0 Å². The van der Waals surface area contributed by atoms with E-state index in [1.807, 2.05) is 18.2 Å². The smallest absolute Gasteiger partial charge is 0.155 e. The van der Waals surface area contributed by atoms with E-state index in [-0.39, 0.29) is 12.7 Å². The van der Waals surface area contributed by atoms with Crippen LogP contribution >= 0.6 is 0 Å². The monoisotopic (exact) mass is 468 g/mol. The first-order valence-electron chi connectivity index (χ1n) is 13.8. The van der Waals surface area contributed by atoms with Gasteiger partial charge in [-0.1, -0.05) is 102 Å². The van der Waals surface area contributed by atoms with Crippen molar-refractivity contribution in [3.63, 3.8) is 0 Å². The molecule has 2 rings (SSSR count). The number of ether oxygens (including phenoxy) is 2. The van der Waals surface area contributed by atoms with Gasteiger partial charge in [-0.25, -0.2) is 0 Å². The molecule has 0 aromatic heterocycles. The number of aliphatic hydroxyl groups is 1. The van der Waals surface area contributed by atoms with Gasteiger partial charge in [-0.2, -0.15) is 0 Å². The Kier molecular flexibility index (Phi) is 15.2. The number of aliphatic hydroxyl groups excluding tert-OH is 1. The Hall–Kier alpha value is -2.00. The maximum absolute atomic E-state index is 9.83. The number of hydrogen-bond donors (Lipinski definition) is 1. The predicted octanol–water partition coefficient (Wildman–Crippen LogP) is 8.31. The molecule has 0 amide bonds. The summed E-state index contributed by atoms with van der Waals surface area (Å²) in [7, 11) is 0. The summed E-state index contributed by atoms with van der Waals surface area (Å²) in [6, 6.07) is 16.6. The third kappa shape index (κ3) is 12.5. The predicted molar refractivity (Wildman–Crippen MR) is 144 cm³/mol. The lowest BCUT2D eigenvalue weighted by Gasteiger charge is -2.18. The number of aryl methyl sites for hydroxylation is 2. The molecule has 0 spiro atoms. The van der Waals surface area contributed by atoms with Crippen molar-refractivity contribution in [1.82, 2.24) is 0 Å². The van der Waals surface area contributed by atoms with Gasteiger partial charge < -0.3 is 14.6 Å². The summed E-state index contributed by atoms with van der Waals surface area (Å²) in [5.74, 6) is 1.66. The number of unbranched alkanes of at least 4 members (excludes halogenated alkanes) is 10. The number of rotatable bonds is 20. The van der Waals surface area contributed by atoms with Crippen LogP contribution in [0.25, 0.3) is 0 Å². The lowest BCUT2D eigenvalue weighted by atomic mass is 10.0. The minimum absolute atomic E-state index is 0.0703. The molecule has 0 aliphatic rings. The summed E-state index contributed by atoms with van der Waals surface area (Å²) in [4.78, 5) is 0. The maximum Gasteiger partial charge on any atom is 0.155 e. The largest absolute Gasteiger partial charge is 0.490 e. The molecule has 0 heterocycles. The third-order valence-corrected chi connectivity index (χ3v) is 6.38. The van der Waals surface area contributed by atoms with Gasteiger partial charge >= 0.3 is 0 Å². The molecule has 3 heteroatoms. The summed E-state index contributed by atoms with van der Waals surface area (Å²) in [5, 5.41) is 9.83. The molecule has 3 nitrogen and oxygen atoms in total. The second-order valence-corrected chi connectivity index (χ2v) is 9.56. The van der Waals surface area contributed by atoms with Crippen molar-refractivity contribution >= 4 is 0 Å². The number of hydrogen-bond acceptors (Lipinski definition) is 3. The Labute approximate surface area is 208 Å². The molecule has 0 bridgehead atoms. The van der Waals surface area contributed by atoms with Crippen LogP contribution in [-0.2, 0) is 12.8 Å². The van der Waals surface area contributed by atoms with E-state index in [4.69, 9.17) is 9.47 Å². The standard InChI is InChI=1S/C31H48O3/c1-3-5-7-9-11-13-17-27-19-15-21-29(23-27)33-26-31(25-32)34-30-22-16-20-28(24-30)18-14-12-10-8-6-4-2/h15-16,19-24,31-32H,3-14,17-18,25-26H2,1-2H3. The summed E-state index contributed by atoms with van der Waals surface area (Å²) >= 11 is 0. The second-order valence-electron chi connectivity index (χ2n) is 9.56. The first-order chi connectivity index (χ1) is 16.7. The maximum atomic E-state index is 9.83. The molecule has 34 heavy (non-hydrogen) atoms. The summed E-state index contributed by atoms with van der Waals surface area (Å²) in [6.45, 7) is 4.77. The quantitative estimate of drug-likeness (QED) is 0.199. The van der Waals surface area contributed by atoms with Crippen LogP contribution in [0, 0.1) is 0 Å². The van der Waals surface area contributed by atoms with Crippen LogP contribution in [0.15, 0.2) is 48.5 Å². The Morgan fingerprint density at radius 2 is 1.15 bits per heavy atom. The van der Waals surface area contributed by atoms with Crippen molar-refractivity contribution in [1.29, 1.82) is 0 Å². The van der Waals surface area contributed by atoms with E-state index in [9.17, 15) is 5.11 Å². The summed E-state index contributed by atoms with van der Waals surface area (Å²) < 4.78 is 12.0. The molecule has 0 radical (unpaired) electrons. The van der Waals surface area contributed by atoms with Crippen LogP contribution in [0.2, 0.25) is 0 Å². The summed E-state index contributed by atoms with van der Waals surface area (Å²) in [6.07, 6.45) is 17.5. The Balaban J connectivity index is 1.74. The topological polar surface area (TPSA) is 38.7 Å². The van der Waals surface area contributed by atoms with Crippen molar-refractivity contribution in [2.75, 3.05) is 13.2 Å². The zero-order valence-electron chi connectivity index (χ0n) is 21.8. The van der Waals surface area contributed by atoms with Crippen molar-refractivity contribution in [2.45, 2.75) is 110 Å². The highest BCUT2D eigenvalue weighted by Gasteiger charge is 2.11. The minimum atomic E-state index is -0.383. The van der Waals surface area contributed by atoms with Crippen molar-refractivity contribution < 1.29 is 14.6 Å². The Morgan fingerprint density at radius 3 is 1.71 bits per heavy atom. The zero-order valence-corrected chi connectivity index (χ0v) is 21.8. The van der Waals surface area contributed by atoms with Crippen LogP contribution in [-0.4, -0.2) is 24.4 Å². The van der Waals surface area contributed by atoms with Gasteiger partial charge in [-0.15, -0.1) is 0 Å². The normalized spacial score (nSPS) is 12.0. The van der Waals surface area contributed by atoms with E-state index in [0.717, 1.165) is 24.3 Å². The molecule has 1 unspecified atom stereocenters. The highest BCUT2D eigenvalue weighted by molar-refractivity contribution is 5.30. The second kappa shape index (κ2) is 18.3. The molecule has 1 atom stereocenters. The zero-order chi connectivity index (χ0) is 24.3. The third-order valence-electron chi connectivity index (χ3n) is 6.38. The fourth-order valence-electron chi connectivity index (χ4n) is 4.29. The fourth-order valence-corrected chi connectivity index (χ4v) is 4.29. The fraction of sp³-hybridized carbons (Fsp3) is 0.613. The van der Waals surface area contributed by atoms with Gasteiger partial charge in [0.15, 0.2) is 6.10 Å². The van der Waals surface area contributed by atoms with Crippen LogP contribution in [0.1, 0.15) is 102 Å². The van der Waals surface area contributed by atoms with Crippen LogP contribution in [0.5, 0.6) is 11.5 Å². The van der Waals surface area contributed by atoms with E-state index < -0.39 is 0 Å². The molecule has 0 aliphatic carbocycles. The molecule has 0 saturated heterocycles. The van der Waals surface area contributed by atoms with Crippen molar-refractivity contribution in [2.24, 2.45) is 0 Å². The van der Waals surface area contributed by atoms with Gasteiger partial charge in [-0.3, -0.25) is 0 Å². The Bertz CT molecular complexity index is 758. The first kappa shape index (κ1) is 28.2. The van der Waals surface area contributed by atoms with E-state index in [1.165, 1.54) is 88.2 Å². The highest BCUT2D eigenvalue weighted by atomic mass is 16.5. The van der Waals surface area contributed by atoms with Gasteiger partial charge in [0, 0.05) is 0 Å². The van der Waals surface area contributed by atoms with Gasteiger partial charge in [0.25, 0.3) is 0 Å². The van der Waals surface area contributed by atoms with Gasteiger partial charge in [-0.05, 0) is 61.1 Å². The Morgan fingerprint density at radius 1 is 0.647 bits per heavy atom. The lowest BCUT2D eigenvalue weighted by Crippen LogP contribution is -2.28. The molecular weight excluding hydrogens is 420 g/mol. The molecule has 2 aromatic carbocycles. The SMILES string of the molecule is CCCCCCCCc1cccc(OCC(CO)Oc2cccc(CCCCCCCC)c2)c1. The van der Waals surface area contributed by atoms with E-state index in [1.54, 1.807) is 0 Å². The van der Waals surface area contributed by atoms with E-state index >= 15 is 0 Å². The van der Waals surface area contributed by atoms with Gasteiger partial charge in [0.2, 0.25) is 0 Å². The van der Waals surface area contributed by atoms with E-state index in [0.29, 0.717) is 6.61 Å². The number of benzene rings is 2. The molecule has 190 valence electrons. The summed E-state index contributed by atoms with van der Waals surface area (Å²) in [5.41, 5.74) is 2.62. The molecule has 2 aromatic rings. The molecule has 0 fully saturated rings. The molecule has 0 aliphatic heterocycles. The first-order valence-corrected chi connectivity index (χ1v) is 13.8. The average Bonchev–Trinajstić information content (AvgIpc) is 2.86. The van der Waals surface area contributed by atoms with E-state index in [2.05, 4.69) is 44.2 Å². The van der Waals surface area contributed by atoms with Gasteiger partial charge in [0.05, 0.1) is 6.61 Å².